The van der Waals surface area contributed by atoms with Crippen molar-refractivity contribution >= 4 is 0 Å². The Morgan fingerprint density at radius 1 is 1.23 bits per heavy atom. The van der Waals surface area contributed by atoms with Gasteiger partial charge in [-0.15, -0.1) is 5.73 Å². The van der Waals surface area contributed by atoms with Crippen molar-refractivity contribution in [2.45, 2.75) is 20.8 Å². The third-order valence-corrected chi connectivity index (χ3v) is 1.87. The van der Waals surface area contributed by atoms with Crippen molar-refractivity contribution in [1.82, 2.24) is 0 Å². The molecule has 68 valence electrons. The first-order chi connectivity index (χ1) is 6.20. The molecule has 1 aliphatic rings. The average Bonchev–Trinajstić information content (AvgIpc) is 2.11. The molecule has 0 aliphatic carbocycles. The molecule has 0 bridgehead atoms. The number of allylic oxidation sites excluding steroid dienone is 6. The maximum absolute atomic E-state index is 5.37. The van der Waals surface area contributed by atoms with Crippen molar-refractivity contribution in [3.63, 3.8) is 0 Å². The maximum Gasteiger partial charge on any atom is 0.104 e. The molecular weight excluding hydrogens is 160 g/mol. The molecule has 0 saturated heterocycles. The van der Waals surface area contributed by atoms with Gasteiger partial charge >= 0.3 is 0 Å². The molecule has 0 aromatic rings. The van der Waals surface area contributed by atoms with Gasteiger partial charge in [0.25, 0.3) is 0 Å². The zero-order valence-electron chi connectivity index (χ0n) is 8.29. The van der Waals surface area contributed by atoms with Crippen LogP contribution in [-0.4, -0.2) is 0 Å². The molecule has 1 nitrogen and oxygen atoms in total. The molecule has 13 heavy (non-hydrogen) atoms. The lowest BCUT2D eigenvalue weighted by Crippen LogP contribution is -1.83. The first kappa shape index (κ1) is 9.63. The SMILES string of the molecule is CC1=C\C=C=C/C(C)=C(\C)O/C=C\1. The highest BCUT2D eigenvalue weighted by Crippen LogP contribution is 2.08. The molecule has 1 aliphatic heterocycles. The summed E-state index contributed by atoms with van der Waals surface area (Å²) in [7, 11) is 0. The van der Waals surface area contributed by atoms with E-state index in [0.29, 0.717) is 0 Å². The van der Waals surface area contributed by atoms with Crippen LogP contribution in [0, 0.1) is 0 Å². The van der Waals surface area contributed by atoms with E-state index in [9.17, 15) is 0 Å². The molecule has 1 rings (SSSR count). The standard InChI is InChI=1S/C12H14O/c1-10-6-4-5-7-11(2)12(3)13-9-8-10/h4,6-9H,1-3H3/b9-8-,10-6+,12-11+. The van der Waals surface area contributed by atoms with Crippen molar-refractivity contribution in [3.05, 3.63) is 53.2 Å². The molecule has 0 N–H and O–H groups in total. The smallest absolute Gasteiger partial charge is 0.104 e. The van der Waals surface area contributed by atoms with Gasteiger partial charge in [0.2, 0.25) is 0 Å². The van der Waals surface area contributed by atoms with Gasteiger partial charge in [-0.25, -0.2) is 0 Å². The fourth-order valence-electron chi connectivity index (χ4n) is 0.846. The minimum atomic E-state index is 0.909. The summed E-state index contributed by atoms with van der Waals surface area (Å²) >= 11 is 0. The Bertz CT molecular complexity index is 334. The normalized spacial score (nSPS) is 29.0. The van der Waals surface area contributed by atoms with Crippen LogP contribution in [0.3, 0.4) is 0 Å². The molecule has 0 radical (unpaired) electrons. The van der Waals surface area contributed by atoms with Crippen LogP contribution in [0.2, 0.25) is 0 Å². The fraction of sp³-hybridized carbons (Fsp3) is 0.250. The minimum absolute atomic E-state index is 0.909. The van der Waals surface area contributed by atoms with Crippen LogP contribution in [0.1, 0.15) is 20.8 Å². The summed E-state index contributed by atoms with van der Waals surface area (Å²) in [5.41, 5.74) is 5.31. The van der Waals surface area contributed by atoms with E-state index in [2.05, 4.69) is 5.73 Å². The van der Waals surface area contributed by atoms with Gasteiger partial charge in [-0.3, -0.25) is 0 Å². The lowest BCUT2D eigenvalue weighted by molar-refractivity contribution is 0.349. The van der Waals surface area contributed by atoms with Gasteiger partial charge in [-0.1, -0.05) is 6.08 Å². The fourth-order valence-corrected chi connectivity index (χ4v) is 0.846. The highest BCUT2D eigenvalue weighted by Gasteiger charge is 1.92. The Kier molecular flexibility index (Phi) is 3.36. The van der Waals surface area contributed by atoms with Crippen LogP contribution in [0.15, 0.2) is 53.2 Å². The number of hydrogen-bond acceptors (Lipinski definition) is 1. The summed E-state index contributed by atoms with van der Waals surface area (Å²) in [4.78, 5) is 0. The van der Waals surface area contributed by atoms with Crippen LogP contribution >= 0.6 is 0 Å². The van der Waals surface area contributed by atoms with E-state index >= 15 is 0 Å². The highest BCUT2D eigenvalue weighted by molar-refractivity contribution is 5.25. The molecule has 0 amide bonds. The quantitative estimate of drug-likeness (QED) is 0.511. The maximum atomic E-state index is 5.37. The van der Waals surface area contributed by atoms with Gasteiger partial charge in [0.1, 0.15) is 5.76 Å². The molecule has 0 aromatic carbocycles. The molecule has 1 heterocycles. The number of hydrogen-bond donors (Lipinski definition) is 0. The van der Waals surface area contributed by atoms with E-state index < -0.39 is 0 Å². The summed E-state index contributed by atoms with van der Waals surface area (Å²) in [6, 6.07) is 0. The summed E-state index contributed by atoms with van der Waals surface area (Å²) in [5, 5.41) is 0. The van der Waals surface area contributed by atoms with Gasteiger partial charge in [0.15, 0.2) is 0 Å². The molecule has 0 fully saturated rings. The second-order valence-corrected chi connectivity index (χ2v) is 3.05. The largest absolute Gasteiger partial charge is 0.469 e. The van der Waals surface area contributed by atoms with Crippen LogP contribution < -0.4 is 0 Å². The number of ether oxygens (including phenoxy) is 1. The highest BCUT2D eigenvalue weighted by atomic mass is 16.5. The van der Waals surface area contributed by atoms with E-state index in [1.807, 2.05) is 45.1 Å². The minimum Gasteiger partial charge on any atom is -0.469 e. The topological polar surface area (TPSA) is 9.23 Å². The van der Waals surface area contributed by atoms with Gasteiger partial charge in [0.05, 0.1) is 6.26 Å². The van der Waals surface area contributed by atoms with Gasteiger partial charge < -0.3 is 4.74 Å². The Morgan fingerprint density at radius 3 is 2.77 bits per heavy atom. The summed E-state index contributed by atoms with van der Waals surface area (Å²) in [6.45, 7) is 5.96. The first-order valence-corrected chi connectivity index (χ1v) is 4.30. The van der Waals surface area contributed by atoms with Gasteiger partial charge in [0, 0.05) is 0 Å². The molecule has 0 atom stereocenters. The third kappa shape index (κ3) is 3.18. The van der Waals surface area contributed by atoms with Crippen molar-refractivity contribution in [3.8, 4) is 0 Å². The van der Waals surface area contributed by atoms with Gasteiger partial charge in [-0.05, 0) is 50.1 Å². The summed E-state index contributed by atoms with van der Waals surface area (Å²) in [6.07, 6.45) is 9.45. The average molecular weight is 174 g/mol. The molecule has 1 heteroatoms. The zero-order chi connectivity index (χ0) is 9.68. The molecular formula is C12H14O. The predicted octanol–water partition coefficient (Wildman–Crippen LogP) is 3.48. The van der Waals surface area contributed by atoms with Crippen LogP contribution in [0.4, 0.5) is 0 Å². The van der Waals surface area contributed by atoms with Crippen molar-refractivity contribution in [1.29, 1.82) is 0 Å². The van der Waals surface area contributed by atoms with E-state index in [1.165, 1.54) is 0 Å². The Labute approximate surface area is 79.4 Å². The lowest BCUT2D eigenvalue weighted by atomic mass is 10.2. The summed E-state index contributed by atoms with van der Waals surface area (Å²) < 4.78 is 5.37. The van der Waals surface area contributed by atoms with Crippen molar-refractivity contribution in [2.75, 3.05) is 0 Å². The summed E-state index contributed by atoms with van der Waals surface area (Å²) in [5.74, 6) is 0.909. The zero-order valence-corrected chi connectivity index (χ0v) is 8.29. The Balaban J connectivity index is 3.02. The second kappa shape index (κ2) is 4.54. The van der Waals surface area contributed by atoms with E-state index in [-0.39, 0.29) is 0 Å². The third-order valence-electron chi connectivity index (χ3n) is 1.87. The molecule has 0 aromatic heterocycles. The van der Waals surface area contributed by atoms with Crippen molar-refractivity contribution < 1.29 is 4.74 Å². The Hall–Kier alpha value is -1.46. The molecule has 0 saturated carbocycles. The first-order valence-electron chi connectivity index (χ1n) is 4.30. The van der Waals surface area contributed by atoms with E-state index in [0.717, 1.165) is 16.9 Å². The van der Waals surface area contributed by atoms with Gasteiger partial charge in [-0.2, -0.15) is 0 Å². The van der Waals surface area contributed by atoms with Crippen LogP contribution in [0.5, 0.6) is 0 Å². The molecule has 0 spiro atoms. The van der Waals surface area contributed by atoms with Crippen LogP contribution in [0.25, 0.3) is 0 Å². The lowest BCUT2D eigenvalue weighted by Gasteiger charge is -2.02. The number of rotatable bonds is 0. The predicted molar refractivity (Wildman–Crippen MR) is 55.0 cm³/mol. The second-order valence-electron chi connectivity index (χ2n) is 3.05. The van der Waals surface area contributed by atoms with Crippen molar-refractivity contribution in [2.24, 2.45) is 0 Å². The van der Waals surface area contributed by atoms with Crippen LogP contribution in [-0.2, 0) is 4.74 Å². The van der Waals surface area contributed by atoms with E-state index in [1.54, 1.807) is 6.26 Å². The Morgan fingerprint density at radius 2 is 2.00 bits per heavy atom. The molecule has 0 unspecified atom stereocenters. The monoisotopic (exact) mass is 174 g/mol. The van der Waals surface area contributed by atoms with E-state index in [4.69, 9.17) is 4.74 Å².